The Morgan fingerprint density at radius 2 is 1.90 bits per heavy atom. The molecular formula is C22H19FN4O2. The molecule has 4 aromatic rings. The van der Waals surface area contributed by atoms with E-state index in [9.17, 15) is 9.50 Å². The molecule has 0 saturated heterocycles. The lowest BCUT2D eigenvalue weighted by molar-refractivity contribution is 0.311. The second-order valence-corrected chi connectivity index (χ2v) is 6.37. The maximum Gasteiger partial charge on any atom is 0.163 e. The summed E-state index contributed by atoms with van der Waals surface area (Å²) in [4.78, 5) is 13.4. The zero-order valence-electron chi connectivity index (χ0n) is 15.8. The summed E-state index contributed by atoms with van der Waals surface area (Å²) < 4.78 is 19.3. The Hall–Kier alpha value is -3.58. The quantitative estimate of drug-likeness (QED) is 0.520. The van der Waals surface area contributed by atoms with E-state index in [4.69, 9.17) is 4.74 Å². The minimum Gasteiger partial charge on any atom is -0.494 e. The smallest absolute Gasteiger partial charge is 0.163 e. The van der Waals surface area contributed by atoms with Crippen molar-refractivity contribution in [3.63, 3.8) is 0 Å². The molecule has 29 heavy (non-hydrogen) atoms. The van der Waals surface area contributed by atoms with E-state index in [0.29, 0.717) is 34.8 Å². The number of benzene rings is 2. The summed E-state index contributed by atoms with van der Waals surface area (Å²) in [6.07, 6.45) is 3.37. The van der Waals surface area contributed by atoms with Crippen molar-refractivity contribution in [3.8, 4) is 28.3 Å². The van der Waals surface area contributed by atoms with Gasteiger partial charge < -0.3 is 15.2 Å². The molecule has 0 bridgehead atoms. The molecular weight excluding hydrogens is 371 g/mol. The van der Waals surface area contributed by atoms with E-state index in [1.807, 2.05) is 30.3 Å². The minimum atomic E-state index is -0.316. The molecule has 7 heteroatoms. The van der Waals surface area contributed by atoms with Crippen LogP contribution in [0.5, 0.6) is 5.75 Å². The Morgan fingerprint density at radius 3 is 2.62 bits per heavy atom. The second-order valence-electron chi connectivity index (χ2n) is 6.37. The lowest BCUT2D eigenvalue weighted by Crippen LogP contribution is -2.09. The summed E-state index contributed by atoms with van der Waals surface area (Å²) in [5, 5.41) is 13.1. The average Bonchev–Trinajstić information content (AvgIpc) is 2.77. The largest absolute Gasteiger partial charge is 0.494 e. The van der Waals surface area contributed by atoms with E-state index in [0.717, 1.165) is 16.7 Å². The van der Waals surface area contributed by atoms with Gasteiger partial charge in [-0.15, -0.1) is 0 Å². The first kappa shape index (κ1) is 18.8. The third kappa shape index (κ3) is 3.86. The van der Waals surface area contributed by atoms with E-state index in [-0.39, 0.29) is 12.4 Å². The van der Waals surface area contributed by atoms with Crippen LogP contribution in [0.25, 0.3) is 33.4 Å². The number of methoxy groups -OCH3 is 1. The van der Waals surface area contributed by atoms with Crippen molar-refractivity contribution in [2.45, 2.75) is 0 Å². The summed E-state index contributed by atoms with van der Waals surface area (Å²) >= 11 is 0. The number of hydrogen-bond acceptors (Lipinski definition) is 6. The highest BCUT2D eigenvalue weighted by atomic mass is 19.1. The summed E-state index contributed by atoms with van der Waals surface area (Å²) in [6.45, 7) is 0.277. The highest BCUT2D eigenvalue weighted by Crippen LogP contribution is 2.35. The van der Waals surface area contributed by atoms with Gasteiger partial charge in [-0.05, 0) is 47.5 Å². The van der Waals surface area contributed by atoms with Crippen LogP contribution in [0.15, 0.2) is 60.9 Å². The van der Waals surface area contributed by atoms with Crippen LogP contribution in [0.4, 0.5) is 10.2 Å². The fraction of sp³-hybridized carbons (Fsp3) is 0.136. The van der Waals surface area contributed by atoms with Crippen LogP contribution in [-0.2, 0) is 0 Å². The molecule has 0 amide bonds. The Labute approximate surface area is 167 Å². The SMILES string of the molecule is COc1cc(-c2cccc(F)c2)cc2c(NCCO)nc(-c3cccnc3)nc12. The standard InChI is InChI=1S/C22H19FN4O2/c1-29-19-12-16(14-4-2-6-17(23)10-14)11-18-20(19)26-21(15-5-3-7-24-13-15)27-22(18)25-8-9-28/h2-7,10-13,28H,8-9H2,1H3,(H,25,26,27). The maximum atomic E-state index is 13.7. The first-order chi connectivity index (χ1) is 14.2. The number of ether oxygens (including phenoxy) is 1. The van der Waals surface area contributed by atoms with Gasteiger partial charge in [-0.1, -0.05) is 12.1 Å². The molecule has 146 valence electrons. The predicted molar refractivity (Wildman–Crippen MR) is 110 cm³/mol. The number of nitrogens with zero attached hydrogens (tertiary/aromatic N) is 3. The van der Waals surface area contributed by atoms with E-state index in [1.54, 1.807) is 25.6 Å². The molecule has 0 aliphatic carbocycles. The van der Waals surface area contributed by atoms with Gasteiger partial charge in [0.15, 0.2) is 5.82 Å². The summed E-state index contributed by atoms with van der Waals surface area (Å²) in [6, 6.07) is 13.8. The molecule has 2 heterocycles. The number of fused-ring (bicyclic) bond motifs is 1. The van der Waals surface area contributed by atoms with Gasteiger partial charge in [0.1, 0.15) is 22.9 Å². The van der Waals surface area contributed by atoms with Crippen LogP contribution in [0.2, 0.25) is 0 Å². The van der Waals surface area contributed by atoms with Crippen LogP contribution < -0.4 is 10.1 Å². The Balaban J connectivity index is 1.96. The molecule has 0 fully saturated rings. The fourth-order valence-corrected chi connectivity index (χ4v) is 3.12. The van der Waals surface area contributed by atoms with Gasteiger partial charge in [-0.2, -0.15) is 0 Å². The number of hydrogen-bond donors (Lipinski definition) is 2. The van der Waals surface area contributed by atoms with Gasteiger partial charge in [0.05, 0.1) is 13.7 Å². The van der Waals surface area contributed by atoms with Crippen molar-refractivity contribution in [1.29, 1.82) is 0 Å². The van der Waals surface area contributed by atoms with Crippen molar-refractivity contribution >= 4 is 16.7 Å². The number of aliphatic hydroxyl groups excluding tert-OH is 1. The zero-order valence-corrected chi connectivity index (χ0v) is 15.8. The van der Waals surface area contributed by atoms with Gasteiger partial charge in [-0.25, -0.2) is 14.4 Å². The number of halogens is 1. The number of aromatic nitrogens is 3. The number of nitrogens with one attached hydrogen (secondary N) is 1. The van der Waals surface area contributed by atoms with E-state index >= 15 is 0 Å². The van der Waals surface area contributed by atoms with Crippen molar-refractivity contribution in [2.75, 3.05) is 25.6 Å². The first-order valence-electron chi connectivity index (χ1n) is 9.10. The van der Waals surface area contributed by atoms with Crippen molar-refractivity contribution in [2.24, 2.45) is 0 Å². The predicted octanol–water partition coefficient (Wildman–Crippen LogP) is 3.91. The van der Waals surface area contributed by atoms with E-state index in [1.165, 1.54) is 12.1 Å². The molecule has 0 spiro atoms. The Morgan fingerprint density at radius 1 is 1.03 bits per heavy atom. The topological polar surface area (TPSA) is 80.2 Å². The van der Waals surface area contributed by atoms with Gasteiger partial charge in [0, 0.05) is 29.9 Å². The molecule has 0 unspecified atom stereocenters. The van der Waals surface area contributed by atoms with Crippen LogP contribution in [0, 0.1) is 5.82 Å². The highest BCUT2D eigenvalue weighted by Gasteiger charge is 2.15. The van der Waals surface area contributed by atoms with E-state index in [2.05, 4.69) is 20.3 Å². The number of anilines is 1. The Bertz CT molecular complexity index is 1150. The molecule has 4 rings (SSSR count). The first-order valence-corrected chi connectivity index (χ1v) is 9.10. The molecule has 2 aromatic heterocycles. The molecule has 2 aromatic carbocycles. The van der Waals surface area contributed by atoms with Gasteiger partial charge in [-0.3, -0.25) is 4.98 Å². The Kier molecular flexibility index (Phi) is 5.31. The maximum absolute atomic E-state index is 13.7. The molecule has 0 atom stereocenters. The number of pyridine rings is 1. The lowest BCUT2D eigenvalue weighted by Gasteiger charge is -2.14. The van der Waals surface area contributed by atoms with Crippen molar-refractivity contribution < 1.29 is 14.2 Å². The van der Waals surface area contributed by atoms with Crippen molar-refractivity contribution in [3.05, 3.63) is 66.7 Å². The third-order valence-corrected chi connectivity index (χ3v) is 4.47. The molecule has 2 N–H and O–H groups in total. The summed E-state index contributed by atoms with van der Waals surface area (Å²) in [7, 11) is 1.57. The fourth-order valence-electron chi connectivity index (χ4n) is 3.12. The van der Waals surface area contributed by atoms with Gasteiger partial charge in [0.2, 0.25) is 0 Å². The summed E-state index contributed by atoms with van der Waals surface area (Å²) in [5.41, 5.74) is 2.87. The number of aliphatic hydroxyl groups is 1. The molecule has 0 radical (unpaired) electrons. The average molecular weight is 390 g/mol. The van der Waals surface area contributed by atoms with Crippen LogP contribution >= 0.6 is 0 Å². The highest BCUT2D eigenvalue weighted by molar-refractivity contribution is 5.97. The lowest BCUT2D eigenvalue weighted by atomic mass is 10.0. The van der Waals surface area contributed by atoms with Crippen LogP contribution in [0.1, 0.15) is 0 Å². The van der Waals surface area contributed by atoms with Crippen LogP contribution in [-0.4, -0.2) is 40.3 Å². The molecule has 0 aliphatic rings. The summed E-state index contributed by atoms with van der Waals surface area (Å²) in [5.74, 6) is 1.27. The minimum absolute atomic E-state index is 0.0472. The normalized spacial score (nSPS) is 10.9. The molecule has 0 aliphatic heterocycles. The molecule has 6 nitrogen and oxygen atoms in total. The monoisotopic (exact) mass is 390 g/mol. The van der Waals surface area contributed by atoms with Crippen LogP contribution in [0.3, 0.4) is 0 Å². The molecule has 0 saturated carbocycles. The second kappa shape index (κ2) is 8.20. The van der Waals surface area contributed by atoms with Gasteiger partial charge >= 0.3 is 0 Å². The third-order valence-electron chi connectivity index (χ3n) is 4.47. The van der Waals surface area contributed by atoms with E-state index < -0.39 is 0 Å². The van der Waals surface area contributed by atoms with Crippen molar-refractivity contribution in [1.82, 2.24) is 15.0 Å². The zero-order chi connectivity index (χ0) is 20.2. The van der Waals surface area contributed by atoms with Gasteiger partial charge in [0.25, 0.3) is 0 Å². The number of rotatable bonds is 6.